The number of thioether (sulfide) groups is 1. The van der Waals surface area contributed by atoms with Crippen LogP contribution in [0.5, 0.6) is 5.75 Å². The number of carbonyl (C=O) groups is 3. The maximum atomic E-state index is 13.9. The molecule has 0 atom stereocenters. The van der Waals surface area contributed by atoms with Gasteiger partial charge in [-0.25, -0.2) is 0 Å². The Kier molecular flexibility index (Phi) is 9.14. The van der Waals surface area contributed by atoms with Gasteiger partial charge >= 0.3 is 0 Å². The minimum Gasteiger partial charge on any atom is -0.496 e. The van der Waals surface area contributed by atoms with Gasteiger partial charge in [-0.3, -0.25) is 14.4 Å². The molecule has 3 aromatic rings. The summed E-state index contributed by atoms with van der Waals surface area (Å²) in [5.74, 6) is 1.00. The molecule has 2 heterocycles. The average Bonchev–Trinajstić information content (AvgIpc) is 3.27. The van der Waals surface area contributed by atoms with Crippen LogP contribution in [0.1, 0.15) is 18.4 Å². The van der Waals surface area contributed by atoms with E-state index in [9.17, 15) is 14.4 Å². The highest BCUT2D eigenvalue weighted by Crippen LogP contribution is 2.39. The van der Waals surface area contributed by atoms with Gasteiger partial charge in [0.2, 0.25) is 11.8 Å². The number of nitrogens with one attached hydrogen (secondary N) is 1. The lowest BCUT2D eigenvalue weighted by Crippen LogP contribution is -2.57. The van der Waals surface area contributed by atoms with E-state index in [1.54, 1.807) is 12.0 Å². The highest BCUT2D eigenvalue weighted by atomic mass is 32.2. The Hall–Kier alpha value is -3.98. The molecule has 9 heteroatoms. The third kappa shape index (κ3) is 6.51. The van der Waals surface area contributed by atoms with Crippen LogP contribution in [0.25, 0.3) is 0 Å². The van der Waals surface area contributed by atoms with Gasteiger partial charge in [-0.2, -0.15) is 0 Å². The predicted octanol–water partition coefficient (Wildman–Crippen LogP) is 3.81. The number of nitrogens with zero attached hydrogens (tertiary/aromatic N) is 3. The molecule has 0 bridgehead atoms. The lowest BCUT2D eigenvalue weighted by Gasteiger charge is -2.43. The zero-order chi connectivity index (χ0) is 28.7. The predicted molar refractivity (Wildman–Crippen MR) is 161 cm³/mol. The summed E-state index contributed by atoms with van der Waals surface area (Å²) in [5, 5.41) is 2.96. The molecule has 8 nitrogen and oxygen atoms in total. The maximum Gasteiger partial charge on any atom is 0.250 e. The summed E-state index contributed by atoms with van der Waals surface area (Å²) in [5.41, 5.74) is 1.19. The topological polar surface area (TPSA) is 82.2 Å². The number of para-hydroxylation sites is 2. The number of likely N-dealkylation sites (tertiary alicyclic amines) is 1. The fourth-order valence-electron chi connectivity index (χ4n) is 5.68. The molecule has 3 aromatic carbocycles. The number of carbonyl (C=O) groups excluding carboxylic acids is 3. The molecule has 2 aliphatic rings. The second kappa shape index (κ2) is 13.1. The van der Waals surface area contributed by atoms with E-state index in [2.05, 4.69) is 10.2 Å². The van der Waals surface area contributed by atoms with Gasteiger partial charge in [0.15, 0.2) is 0 Å². The van der Waals surface area contributed by atoms with Crippen LogP contribution >= 0.6 is 11.8 Å². The molecule has 214 valence electrons. The first-order chi connectivity index (χ1) is 20.0. The van der Waals surface area contributed by atoms with Crippen LogP contribution in [0.2, 0.25) is 0 Å². The number of benzene rings is 3. The Balaban J connectivity index is 1.21. The number of amides is 3. The molecule has 5 rings (SSSR count). The highest BCUT2D eigenvalue weighted by Gasteiger charge is 2.54. The van der Waals surface area contributed by atoms with E-state index >= 15 is 0 Å². The molecule has 1 spiro atoms. The Morgan fingerprint density at radius 3 is 2.29 bits per heavy atom. The van der Waals surface area contributed by atoms with Crippen molar-refractivity contribution >= 4 is 35.2 Å². The summed E-state index contributed by atoms with van der Waals surface area (Å²) in [7, 11) is 1.63. The van der Waals surface area contributed by atoms with Crippen molar-refractivity contribution in [2.24, 2.45) is 0 Å². The van der Waals surface area contributed by atoms with E-state index in [1.807, 2.05) is 89.8 Å². The van der Waals surface area contributed by atoms with E-state index in [4.69, 9.17) is 4.74 Å². The summed E-state index contributed by atoms with van der Waals surface area (Å²) >= 11 is 1.53. The standard InChI is InChI=1S/C32H36N4O4S/c1-40-28-15-9-8-10-25(28)16-19-33-29(37)22-35-24-36(26-11-4-2-5-12-26)32(31(35)39)17-20-34(21-18-32)30(38)23-41-27-13-6-3-7-14-27/h2-15H,16-24H2,1H3,(H,33,37). The van der Waals surface area contributed by atoms with Crippen LogP contribution in [-0.4, -0.2) is 78.8 Å². The van der Waals surface area contributed by atoms with Crippen LogP contribution < -0.4 is 15.0 Å². The van der Waals surface area contributed by atoms with Crippen molar-refractivity contribution in [3.8, 4) is 5.75 Å². The molecule has 1 N–H and O–H groups in total. The second-order valence-corrected chi connectivity index (χ2v) is 11.4. The molecular weight excluding hydrogens is 536 g/mol. The number of ether oxygens (including phenoxy) is 1. The van der Waals surface area contributed by atoms with E-state index in [0.29, 0.717) is 51.3 Å². The van der Waals surface area contributed by atoms with Gasteiger partial charge in [0.1, 0.15) is 17.8 Å². The normalized spacial score (nSPS) is 16.2. The third-order valence-corrected chi connectivity index (χ3v) is 8.87. The number of methoxy groups -OCH3 is 1. The van der Waals surface area contributed by atoms with Gasteiger partial charge in [-0.15, -0.1) is 11.8 Å². The Bertz CT molecular complexity index is 1350. The monoisotopic (exact) mass is 572 g/mol. The molecule has 0 aromatic heterocycles. The molecule has 0 saturated carbocycles. The molecule has 0 aliphatic carbocycles. The van der Waals surface area contributed by atoms with Crippen LogP contribution in [0.4, 0.5) is 5.69 Å². The Labute approximate surface area is 245 Å². The fraction of sp³-hybridized carbons (Fsp3) is 0.344. The minimum absolute atomic E-state index is 0.00774. The highest BCUT2D eigenvalue weighted by molar-refractivity contribution is 8.00. The van der Waals surface area contributed by atoms with Crippen LogP contribution in [0.3, 0.4) is 0 Å². The first-order valence-corrected chi connectivity index (χ1v) is 14.9. The molecule has 2 saturated heterocycles. The summed E-state index contributed by atoms with van der Waals surface area (Å²) in [4.78, 5) is 46.6. The van der Waals surface area contributed by atoms with Gasteiger partial charge in [-0.05, 0) is 55.2 Å². The van der Waals surface area contributed by atoms with Crippen molar-refractivity contribution in [1.29, 1.82) is 0 Å². The number of piperidine rings is 1. The van der Waals surface area contributed by atoms with E-state index in [0.717, 1.165) is 21.9 Å². The smallest absolute Gasteiger partial charge is 0.250 e. The Morgan fingerprint density at radius 2 is 1.59 bits per heavy atom. The lowest BCUT2D eigenvalue weighted by atomic mass is 9.85. The Morgan fingerprint density at radius 1 is 0.927 bits per heavy atom. The SMILES string of the molecule is COc1ccccc1CCNC(=O)CN1CN(c2ccccc2)C2(CCN(C(=O)CSc3ccccc3)CC2)C1=O. The number of hydrogen-bond acceptors (Lipinski definition) is 6. The summed E-state index contributed by atoms with van der Waals surface area (Å²) < 4.78 is 5.40. The molecule has 2 aliphatic heterocycles. The van der Waals surface area contributed by atoms with Crippen LogP contribution in [0, 0.1) is 0 Å². The van der Waals surface area contributed by atoms with Gasteiger partial charge in [0, 0.05) is 30.2 Å². The zero-order valence-corrected chi connectivity index (χ0v) is 24.1. The number of rotatable bonds is 10. The molecule has 41 heavy (non-hydrogen) atoms. The lowest BCUT2D eigenvalue weighted by molar-refractivity contribution is -0.139. The van der Waals surface area contributed by atoms with E-state index < -0.39 is 5.54 Å². The van der Waals surface area contributed by atoms with Crippen LogP contribution in [0.15, 0.2) is 89.8 Å². The average molecular weight is 573 g/mol. The van der Waals surface area contributed by atoms with Gasteiger partial charge in [-0.1, -0.05) is 54.6 Å². The molecule has 0 unspecified atom stereocenters. The van der Waals surface area contributed by atoms with E-state index in [-0.39, 0.29) is 24.3 Å². The van der Waals surface area contributed by atoms with Crippen molar-refractivity contribution in [1.82, 2.24) is 15.1 Å². The van der Waals surface area contributed by atoms with Crippen molar-refractivity contribution in [3.63, 3.8) is 0 Å². The van der Waals surface area contributed by atoms with Gasteiger partial charge < -0.3 is 24.8 Å². The zero-order valence-electron chi connectivity index (χ0n) is 23.3. The third-order valence-electron chi connectivity index (χ3n) is 7.87. The van der Waals surface area contributed by atoms with Gasteiger partial charge in [0.25, 0.3) is 5.91 Å². The van der Waals surface area contributed by atoms with E-state index in [1.165, 1.54) is 11.8 Å². The van der Waals surface area contributed by atoms with Gasteiger partial charge in [0.05, 0.1) is 19.5 Å². The maximum absolute atomic E-state index is 13.9. The summed E-state index contributed by atoms with van der Waals surface area (Å²) in [6.07, 6.45) is 1.68. The minimum atomic E-state index is -0.775. The molecule has 2 fully saturated rings. The quantitative estimate of drug-likeness (QED) is 0.372. The van der Waals surface area contributed by atoms with Crippen molar-refractivity contribution in [2.45, 2.75) is 29.7 Å². The fourth-order valence-corrected chi connectivity index (χ4v) is 6.50. The number of anilines is 1. The summed E-state index contributed by atoms with van der Waals surface area (Å²) in [6, 6.07) is 27.5. The second-order valence-electron chi connectivity index (χ2n) is 10.3. The molecule has 3 amide bonds. The van der Waals surface area contributed by atoms with Crippen molar-refractivity contribution in [2.75, 3.05) is 50.6 Å². The first kappa shape index (κ1) is 28.5. The molecule has 0 radical (unpaired) electrons. The van der Waals surface area contributed by atoms with Crippen molar-refractivity contribution < 1.29 is 19.1 Å². The molecular formula is C32H36N4O4S. The van der Waals surface area contributed by atoms with Crippen LogP contribution in [-0.2, 0) is 20.8 Å². The first-order valence-electron chi connectivity index (χ1n) is 14.0. The van der Waals surface area contributed by atoms with Crippen molar-refractivity contribution in [3.05, 3.63) is 90.5 Å². The summed E-state index contributed by atoms with van der Waals surface area (Å²) in [6.45, 7) is 1.78. The largest absolute Gasteiger partial charge is 0.496 e. The number of hydrogen-bond donors (Lipinski definition) is 1.